The number of carbonyl (C=O) groups excluding carboxylic acids is 2. The summed E-state index contributed by atoms with van der Waals surface area (Å²) in [6, 6.07) is 3.29. The van der Waals surface area contributed by atoms with E-state index in [-0.39, 0.29) is 11.6 Å². The second-order valence-corrected chi connectivity index (χ2v) is 3.94. The smallest absolute Gasteiger partial charge is 0.305 e. The van der Waals surface area contributed by atoms with Crippen molar-refractivity contribution in [3.05, 3.63) is 28.5 Å². The van der Waals surface area contributed by atoms with Crippen LogP contribution < -0.4 is 10.6 Å². The van der Waals surface area contributed by atoms with Gasteiger partial charge in [-0.3, -0.25) is 10.1 Å². The molecule has 0 saturated carbocycles. The Hall–Kier alpha value is -1.14. The maximum absolute atomic E-state index is 13.2. The van der Waals surface area contributed by atoms with Crippen LogP contribution in [0.1, 0.15) is 0 Å². The van der Waals surface area contributed by atoms with Gasteiger partial charge < -0.3 is 5.32 Å². The van der Waals surface area contributed by atoms with Gasteiger partial charge in [-0.05, 0) is 18.2 Å². The standard InChI is InChI=1S/C9H7BrClFN2O2/c10-5-1-2-7(6(12)3-5)13-9(16)14-8(15)4-11/h1-3H,4H2,(H2,13,14,15,16). The topological polar surface area (TPSA) is 58.2 Å². The molecule has 0 aliphatic carbocycles. The monoisotopic (exact) mass is 308 g/mol. The molecule has 16 heavy (non-hydrogen) atoms. The number of rotatable bonds is 2. The van der Waals surface area contributed by atoms with Crippen molar-refractivity contribution in [2.45, 2.75) is 0 Å². The summed E-state index contributed by atoms with van der Waals surface area (Å²) in [5.74, 6) is -1.60. The molecule has 1 aromatic carbocycles. The second kappa shape index (κ2) is 5.81. The molecule has 0 aliphatic rings. The van der Waals surface area contributed by atoms with Crippen molar-refractivity contribution in [2.75, 3.05) is 11.2 Å². The summed E-state index contributed by atoms with van der Waals surface area (Å²) < 4.78 is 13.8. The summed E-state index contributed by atoms with van der Waals surface area (Å²) in [6.45, 7) is 0. The number of nitrogens with one attached hydrogen (secondary N) is 2. The molecule has 0 fully saturated rings. The molecule has 0 saturated heterocycles. The SMILES string of the molecule is O=C(CCl)NC(=O)Nc1ccc(Br)cc1F. The summed E-state index contributed by atoms with van der Waals surface area (Å²) in [5, 5.41) is 4.10. The van der Waals surface area contributed by atoms with Crippen molar-refractivity contribution in [3.63, 3.8) is 0 Å². The molecule has 3 amide bonds. The number of hydrogen-bond acceptors (Lipinski definition) is 2. The lowest BCUT2D eigenvalue weighted by molar-refractivity contribution is -0.117. The minimum Gasteiger partial charge on any atom is -0.305 e. The molecule has 1 rings (SSSR count). The van der Waals surface area contributed by atoms with Gasteiger partial charge in [-0.25, -0.2) is 9.18 Å². The molecule has 2 N–H and O–H groups in total. The third-order valence-electron chi connectivity index (χ3n) is 1.55. The summed E-state index contributed by atoms with van der Waals surface area (Å²) in [5.41, 5.74) is -0.0249. The number of amides is 3. The number of anilines is 1. The first-order valence-electron chi connectivity index (χ1n) is 4.15. The minimum atomic E-state index is -0.827. The molecule has 0 aliphatic heterocycles. The van der Waals surface area contributed by atoms with Crippen molar-refractivity contribution in [2.24, 2.45) is 0 Å². The largest absolute Gasteiger partial charge is 0.325 e. The average molecular weight is 310 g/mol. The number of halogens is 3. The van der Waals surface area contributed by atoms with Gasteiger partial charge in [-0.15, -0.1) is 11.6 Å². The number of carbonyl (C=O) groups is 2. The van der Waals surface area contributed by atoms with Crippen LogP contribution in [0.25, 0.3) is 0 Å². The van der Waals surface area contributed by atoms with E-state index >= 15 is 0 Å². The Morgan fingerprint density at radius 1 is 1.44 bits per heavy atom. The Morgan fingerprint density at radius 3 is 2.69 bits per heavy atom. The van der Waals surface area contributed by atoms with Crippen LogP contribution in [0.3, 0.4) is 0 Å². The maximum atomic E-state index is 13.2. The Kier molecular flexibility index (Phi) is 4.70. The first kappa shape index (κ1) is 12.9. The fourth-order valence-electron chi connectivity index (χ4n) is 0.904. The van der Waals surface area contributed by atoms with Crippen LogP contribution in [0.4, 0.5) is 14.9 Å². The average Bonchev–Trinajstić information content (AvgIpc) is 2.22. The van der Waals surface area contributed by atoms with Gasteiger partial charge in [0.05, 0.1) is 5.69 Å². The number of imide groups is 1. The van der Waals surface area contributed by atoms with Gasteiger partial charge in [-0.1, -0.05) is 15.9 Å². The predicted octanol–water partition coefficient (Wildman–Crippen LogP) is 2.48. The maximum Gasteiger partial charge on any atom is 0.325 e. The molecule has 86 valence electrons. The lowest BCUT2D eigenvalue weighted by atomic mass is 10.3. The summed E-state index contributed by atoms with van der Waals surface area (Å²) >= 11 is 8.25. The Bertz CT molecular complexity index is 428. The third kappa shape index (κ3) is 3.79. The molecule has 1 aromatic rings. The highest BCUT2D eigenvalue weighted by Gasteiger charge is 2.09. The normalized spacial score (nSPS) is 9.69. The van der Waals surface area contributed by atoms with Gasteiger partial charge in [0, 0.05) is 4.47 Å². The highest BCUT2D eigenvalue weighted by atomic mass is 79.9. The minimum absolute atomic E-state index is 0.0249. The fourth-order valence-corrected chi connectivity index (χ4v) is 1.30. The summed E-state index contributed by atoms with van der Waals surface area (Å²) in [4.78, 5) is 21.9. The number of hydrogen-bond donors (Lipinski definition) is 2. The second-order valence-electron chi connectivity index (χ2n) is 2.76. The van der Waals surface area contributed by atoms with E-state index in [0.717, 1.165) is 0 Å². The zero-order chi connectivity index (χ0) is 12.1. The molecule has 0 aromatic heterocycles. The molecule has 0 atom stereocenters. The highest BCUT2D eigenvalue weighted by Crippen LogP contribution is 2.18. The van der Waals surface area contributed by atoms with E-state index in [0.29, 0.717) is 4.47 Å². The van der Waals surface area contributed by atoms with Crippen molar-refractivity contribution in [1.82, 2.24) is 5.32 Å². The molecule has 0 spiro atoms. The summed E-state index contributed by atoms with van der Waals surface area (Å²) in [7, 11) is 0. The van der Waals surface area contributed by atoms with E-state index in [1.807, 2.05) is 5.32 Å². The van der Waals surface area contributed by atoms with Gasteiger partial charge in [0.1, 0.15) is 11.7 Å². The van der Waals surface area contributed by atoms with E-state index in [9.17, 15) is 14.0 Å². The number of urea groups is 1. The molecule has 0 unspecified atom stereocenters. The molecule has 0 heterocycles. The van der Waals surface area contributed by atoms with E-state index in [1.165, 1.54) is 12.1 Å². The molecule has 4 nitrogen and oxygen atoms in total. The first-order chi connectivity index (χ1) is 7.52. The molecule has 7 heteroatoms. The van der Waals surface area contributed by atoms with Crippen LogP contribution in [0.15, 0.2) is 22.7 Å². The van der Waals surface area contributed by atoms with Crippen LogP contribution in [-0.4, -0.2) is 17.8 Å². The molecule has 0 radical (unpaired) electrons. The number of benzene rings is 1. The zero-order valence-corrected chi connectivity index (χ0v) is 10.2. The Morgan fingerprint density at radius 2 is 2.12 bits per heavy atom. The van der Waals surface area contributed by atoms with Crippen LogP contribution >= 0.6 is 27.5 Å². The van der Waals surface area contributed by atoms with Gasteiger partial charge in [0.25, 0.3) is 0 Å². The van der Waals surface area contributed by atoms with E-state index in [4.69, 9.17) is 11.6 Å². The van der Waals surface area contributed by atoms with Crippen molar-refractivity contribution in [1.29, 1.82) is 0 Å². The van der Waals surface area contributed by atoms with Gasteiger partial charge in [0.15, 0.2) is 0 Å². The Balaban J connectivity index is 2.66. The zero-order valence-electron chi connectivity index (χ0n) is 7.89. The van der Waals surface area contributed by atoms with Crippen molar-refractivity contribution in [3.8, 4) is 0 Å². The molecule has 0 bridgehead atoms. The van der Waals surface area contributed by atoms with E-state index < -0.39 is 17.8 Å². The van der Waals surface area contributed by atoms with Crippen LogP contribution in [0, 0.1) is 5.82 Å². The van der Waals surface area contributed by atoms with Gasteiger partial charge in [0.2, 0.25) is 5.91 Å². The van der Waals surface area contributed by atoms with Crippen LogP contribution in [0.5, 0.6) is 0 Å². The Labute approximate surface area is 104 Å². The fraction of sp³-hybridized carbons (Fsp3) is 0.111. The van der Waals surface area contributed by atoms with Crippen molar-refractivity contribution < 1.29 is 14.0 Å². The van der Waals surface area contributed by atoms with E-state index in [2.05, 4.69) is 21.2 Å². The van der Waals surface area contributed by atoms with Crippen LogP contribution in [-0.2, 0) is 4.79 Å². The third-order valence-corrected chi connectivity index (χ3v) is 2.29. The van der Waals surface area contributed by atoms with Gasteiger partial charge in [-0.2, -0.15) is 0 Å². The van der Waals surface area contributed by atoms with Crippen molar-refractivity contribution >= 4 is 45.2 Å². The first-order valence-corrected chi connectivity index (χ1v) is 5.47. The summed E-state index contributed by atoms with van der Waals surface area (Å²) in [6.07, 6.45) is 0. The quantitative estimate of drug-likeness (QED) is 0.825. The predicted molar refractivity (Wildman–Crippen MR) is 62.0 cm³/mol. The highest BCUT2D eigenvalue weighted by molar-refractivity contribution is 9.10. The van der Waals surface area contributed by atoms with Gasteiger partial charge >= 0.3 is 6.03 Å². The van der Waals surface area contributed by atoms with E-state index in [1.54, 1.807) is 6.07 Å². The number of alkyl halides is 1. The lowest BCUT2D eigenvalue weighted by Crippen LogP contribution is -2.35. The van der Waals surface area contributed by atoms with Crippen LogP contribution in [0.2, 0.25) is 0 Å². The molecular formula is C9H7BrClFN2O2. The molecular weight excluding hydrogens is 302 g/mol. The lowest BCUT2D eigenvalue weighted by Gasteiger charge is -2.06.